The van der Waals surface area contributed by atoms with Crippen molar-refractivity contribution in [2.24, 2.45) is 0 Å². The van der Waals surface area contributed by atoms with Crippen LogP contribution in [0.3, 0.4) is 0 Å². The predicted octanol–water partition coefficient (Wildman–Crippen LogP) is 3.30. The molecule has 134 valence electrons. The second kappa shape index (κ2) is 9.88. The number of hydrogen-bond donors (Lipinski definition) is 0. The fourth-order valence-corrected chi connectivity index (χ4v) is 2.02. The van der Waals surface area contributed by atoms with Crippen molar-refractivity contribution in [2.45, 2.75) is 13.8 Å². The van der Waals surface area contributed by atoms with Crippen LogP contribution in [0.25, 0.3) is 23.5 Å². The van der Waals surface area contributed by atoms with Gasteiger partial charge in [-0.1, -0.05) is 12.1 Å². The fourth-order valence-electron chi connectivity index (χ4n) is 2.02. The van der Waals surface area contributed by atoms with Crippen molar-refractivity contribution in [3.8, 4) is 11.4 Å². The molecule has 2 heterocycles. The summed E-state index contributed by atoms with van der Waals surface area (Å²) in [7, 11) is 0. The number of nitrogens with zero attached hydrogens (tertiary/aromatic N) is 2. The van der Waals surface area contributed by atoms with Crippen LogP contribution in [0.15, 0.2) is 48.8 Å². The van der Waals surface area contributed by atoms with E-state index in [2.05, 4.69) is 9.97 Å². The van der Waals surface area contributed by atoms with Gasteiger partial charge in [0.2, 0.25) is 0 Å². The molecular formula is C20H20N2O4. The van der Waals surface area contributed by atoms with Gasteiger partial charge in [-0.3, -0.25) is 9.97 Å². The highest BCUT2D eigenvalue weighted by molar-refractivity contribution is 5.87. The van der Waals surface area contributed by atoms with Gasteiger partial charge in [0.05, 0.1) is 24.6 Å². The third-order valence-electron chi connectivity index (χ3n) is 3.23. The van der Waals surface area contributed by atoms with Gasteiger partial charge in [-0.25, -0.2) is 9.59 Å². The van der Waals surface area contributed by atoms with E-state index >= 15 is 0 Å². The predicted molar refractivity (Wildman–Crippen MR) is 98.8 cm³/mol. The molecule has 0 saturated heterocycles. The van der Waals surface area contributed by atoms with E-state index in [1.54, 1.807) is 38.4 Å². The monoisotopic (exact) mass is 352 g/mol. The van der Waals surface area contributed by atoms with Gasteiger partial charge in [-0.15, -0.1) is 0 Å². The molecule has 0 unspecified atom stereocenters. The van der Waals surface area contributed by atoms with Gasteiger partial charge in [0, 0.05) is 24.5 Å². The highest BCUT2D eigenvalue weighted by atomic mass is 16.5. The normalized spacial score (nSPS) is 11.0. The second-order valence-corrected chi connectivity index (χ2v) is 5.12. The van der Waals surface area contributed by atoms with Gasteiger partial charge in [0.15, 0.2) is 0 Å². The highest BCUT2D eigenvalue weighted by Crippen LogP contribution is 2.16. The minimum atomic E-state index is -0.385. The van der Waals surface area contributed by atoms with E-state index in [1.807, 2.05) is 24.3 Å². The Balaban J connectivity index is 2.03. The summed E-state index contributed by atoms with van der Waals surface area (Å²) in [6.07, 6.45) is 9.33. The van der Waals surface area contributed by atoms with E-state index in [0.29, 0.717) is 24.6 Å². The molecule has 0 aliphatic heterocycles. The van der Waals surface area contributed by atoms with E-state index in [9.17, 15) is 9.59 Å². The summed E-state index contributed by atoms with van der Waals surface area (Å²) in [5.74, 6) is -0.769. The lowest BCUT2D eigenvalue weighted by Crippen LogP contribution is -1.98. The van der Waals surface area contributed by atoms with Gasteiger partial charge < -0.3 is 9.47 Å². The summed E-state index contributed by atoms with van der Waals surface area (Å²) in [6.45, 7) is 4.20. The number of carbonyl (C=O) groups is 2. The van der Waals surface area contributed by atoms with Crippen LogP contribution in [0.4, 0.5) is 0 Å². The smallest absolute Gasteiger partial charge is 0.330 e. The standard InChI is InChI=1S/C20H20N2O4/c1-3-25-19(23)11-7-15-5-9-17(21-13-15)18-10-6-16(14-22-18)8-12-20(24)26-4-2/h5-14H,3-4H2,1-2H3. The molecule has 0 saturated carbocycles. The molecule has 0 amide bonds. The Morgan fingerprint density at radius 3 is 1.54 bits per heavy atom. The number of pyridine rings is 2. The molecule has 0 radical (unpaired) electrons. The molecule has 0 spiro atoms. The highest BCUT2D eigenvalue weighted by Gasteiger charge is 2.02. The quantitative estimate of drug-likeness (QED) is 0.562. The molecule has 2 aromatic heterocycles. The summed E-state index contributed by atoms with van der Waals surface area (Å²) in [5, 5.41) is 0. The van der Waals surface area contributed by atoms with Crippen LogP contribution in [-0.4, -0.2) is 35.1 Å². The van der Waals surface area contributed by atoms with E-state index in [4.69, 9.17) is 9.47 Å². The zero-order valence-corrected chi connectivity index (χ0v) is 14.7. The number of aromatic nitrogens is 2. The average molecular weight is 352 g/mol. The maximum Gasteiger partial charge on any atom is 0.330 e. The van der Waals surface area contributed by atoms with E-state index in [0.717, 1.165) is 11.1 Å². The average Bonchev–Trinajstić information content (AvgIpc) is 2.66. The van der Waals surface area contributed by atoms with Crippen molar-refractivity contribution in [1.29, 1.82) is 0 Å². The van der Waals surface area contributed by atoms with Crippen LogP contribution < -0.4 is 0 Å². The third kappa shape index (κ3) is 5.98. The van der Waals surface area contributed by atoms with Crippen LogP contribution in [0.2, 0.25) is 0 Å². The van der Waals surface area contributed by atoms with Crippen molar-refractivity contribution in [1.82, 2.24) is 9.97 Å². The van der Waals surface area contributed by atoms with Crippen LogP contribution in [0.1, 0.15) is 25.0 Å². The van der Waals surface area contributed by atoms with Crippen molar-refractivity contribution >= 4 is 24.1 Å². The van der Waals surface area contributed by atoms with Crippen LogP contribution >= 0.6 is 0 Å². The van der Waals surface area contributed by atoms with E-state index in [1.165, 1.54) is 12.2 Å². The Kier molecular flexibility index (Phi) is 7.24. The fraction of sp³-hybridized carbons (Fsp3) is 0.200. The molecule has 26 heavy (non-hydrogen) atoms. The molecule has 0 N–H and O–H groups in total. The molecule has 0 fully saturated rings. The maximum absolute atomic E-state index is 11.3. The lowest BCUT2D eigenvalue weighted by molar-refractivity contribution is -0.138. The molecule has 0 aliphatic rings. The molecule has 0 aromatic carbocycles. The Bertz CT molecular complexity index is 724. The number of carbonyl (C=O) groups excluding carboxylic acids is 2. The molecule has 2 aromatic rings. The van der Waals surface area contributed by atoms with Crippen molar-refractivity contribution in [3.05, 3.63) is 59.9 Å². The first-order valence-corrected chi connectivity index (χ1v) is 8.24. The SMILES string of the molecule is CCOC(=O)C=Cc1ccc(-c2ccc(C=CC(=O)OCC)cn2)nc1. The number of hydrogen-bond acceptors (Lipinski definition) is 6. The minimum absolute atomic E-state index is 0.344. The first-order valence-electron chi connectivity index (χ1n) is 8.24. The molecular weight excluding hydrogens is 332 g/mol. The number of rotatable bonds is 7. The molecule has 2 rings (SSSR count). The van der Waals surface area contributed by atoms with Crippen LogP contribution in [-0.2, 0) is 19.1 Å². The Hall–Kier alpha value is -3.28. The van der Waals surface area contributed by atoms with E-state index < -0.39 is 0 Å². The van der Waals surface area contributed by atoms with Crippen LogP contribution in [0, 0.1) is 0 Å². The van der Waals surface area contributed by atoms with Gasteiger partial charge in [-0.05, 0) is 49.3 Å². The summed E-state index contributed by atoms with van der Waals surface area (Å²) in [4.78, 5) is 31.3. The van der Waals surface area contributed by atoms with Gasteiger partial charge in [0.1, 0.15) is 0 Å². The second-order valence-electron chi connectivity index (χ2n) is 5.12. The zero-order chi connectivity index (χ0) is 18.8. The Morgan fingerprint density at radius 1 is 0.808 bits per heavy atom. The first kappa shape index (κ1) is 19.1. The molecule has 6 nitrogen and oxygen atoms in total. The van der Waals surface area contributed by atoms with Gasteiger partial charge in [-0.2, -0.15) is 0 Å². The molecule has 6 heteroatoms. The van der Waals surface area contributed by atoms with Crippen LogP contribution in [0.5, 0.6) is 0 Å². The lowest BCUT2D eigenvalue weighted by Gasteiger charge is -2.02. The Morgan fingerprint density at radius 2 is 1.23 bits per heavy atom. The topological polar surface area (TPSA) is 78.4 Å². The molecule has 0 aliphatic carbocycles. The largest absolute Gasteiger partial charge is 0.463 e. The van der Waals surface area contributed by atoms with Gasteiger partial charge in [0.25, 0.3) is 0 Å². The van der Waals surface area contributed by atoms with Crippen molar-refractivity contribution < 1.29 is 19.1 Å². The minimum Gasteiger partial charge on any atom is -0.463 e. The summed E-state index contributed by atoms with van der Waals surface area (Å²) in [5.41, 5.74) is 2.99. The third-order valence-corrected chi connectivity index (χ3v) is 3.23. The van der Waals surface area contributed by atoms with Crippen molar-refractivity contribution in [3.63, 3.8) is 0 Å². The zero-order valence-electron chi connectivity index (χ0n) is 14.7. The summed E-state index contributed by atoms with van der Waals surface area (Å²) < 4.78 is 9.65. The summed E-state index contributed by atoms with van der Waals surface area (Å²) >= 11 is 0. The van der Waals surface area contributed by atoms with Gasteiger partial charge >= 0.3 is 11.9 Å². The maximum atomic E-state index is 11.3. The number of ether oxygens (including phenoxy) is 2. The molecule has 0 atom stereocenters. The Labute approximate surface area is 152 Å². The van der Waals surface area contributed by atoms with Crippen molar-refractivity contribution in [2.75, 3.05) is 13.2 Å². The number of esters is 2. The lowest BCUT2D eigenvalue weighted by atomic mass is 10.1. The van der Waals surface area contributed by atoms with E-state index in [-0.39, 0.29) is 11.9 Å². The first-order chi connectivity index (χ1) is 12.6. The molecule has 0 bridgehead atoms. The summed E-state index contributed by atoms with van der Waals surface area (Å²) in [6, 6.07) is 7.32.